The normalized spacial score (nSPS) is 19.3. The predicted octanol–water partition coefficient (Wildman–Crippen LogP) is 1.76. The standard InChI is InChI=1S/C10H10ClNO2/c11-6-1-2-9-8(5-6)7(3-4-13)10(14)12-9/h1-2,5,7,13H,3-4H2,(H,12,14). The summed E-state index contributed by atoms with van der Waals surface area (Å²) in [5.74, 6) is -0.315. The first-order chi connectivity index (χ1) is 6.72. The molecular formula is C10H10ClNO2. The van der Waals surface area contributed by atoms with Gasteiger partial charge in [-0.3, -0.25) is 4.79 Å². The smallest absolute Gasteiger partial charge is 0.232 e. The summed E-state index contributed by atoms with van der Waals surface area (Å²) in [5.41, 5.74) is 1.69. The topological polar surface area (TPSA) is 49.3 Å². The average molecular weight is 212 g/mol. The molecule has 3 nitrogen and oxygen atoms in total. The summed E-state index contributed by atoms with van der Waals surface area (Å²) in [5, 5.41) is 12.2. The van der Waals surface area contributed by atoms with Gasteiger partial charge in [-0.25, -0.2) is 0 Å². The SMILES string of the molecule is O=C1Nc2ccc(Cl)cc2C1CCO. The molecule has 0 bridgehead atoms. The number of carbonyl (C=O) groups excluding carboxylic acids is 1. The highest BCUT2D eigenvalue weighted by molar-refractivity contribution is 6.31. The third-order valence-corrected chi connectivity index (χ3v) is 2.62. The molecule has 1 unspecified atom stereocenters. The second-order valence-corrected chi connectivity index (χ2v) is 3.72. The number of halogens is 1. The van der Waals surface area contributed by atoms with Gasteiger partial charge in [-0.05, 0) is 30.2 Å². The van der Waals surface area contributed by atoms with E-state index in [0.717, 1.165) is 11.3 Å². The molecule has 1 aliphatic rings. The number of hydrogen-bond acceptors (Lipinski definition) is 2. The Kier molecular flexibility index (Phi) is 2.44. The fourth-order valence-electron chi connectivity index (χ4n) is 1.71. The molecule has 0 saturated heterocycles. The molecule has 0 fully saturated rings. The number of amides is 1. The van der Waals surface area contributed by atoms with E-state index < -0.39 is 0 Å². The van der Waals surface area contributed by atoms with Crippen molar-refractivity contribution in [2.45, 2.75) is 12.3 Å². The molecule has 1 aliphatic heterocycles. The minimum atomic E-state index is -0.256. The number of fused-ring (bicyclic) bond motifs is 1. The van der Waals surface area contributed by atoms with E-state index in [-0.39, 0.29) is 18.4 Å². The summed E-state index contributed by atoms with van der Waals surface area (Å²) >= 11 is 5.83. The van der Waals surface area contributed by atoms with Gasteiger partial charge in [0.1, 0.15) is 0 Å². The van der Waals surface area contributed by atoms with Crippen LogP contribution in [0.5, 0.6) is 0 Å². The molecule has 1 aromatic carbocycles. The molecule has 0 radical (unpaired) electrons. The first kappa shape index (κ1) is 9.49. The van der Waals surface area contributed by atoms with Crippen molar-refractivity contribution in [3.63, 3.8) is 0 Å². The highest BCUT2D eigenvalue weighted by Gasteiger charge is 2.29. The summed E-state index contributed by atoms with van der Waals surface area (Å²) in [6.07, 6.45) is 0.444. The van der Waals surface area contributed by atoms with Crippen LogP contribution in [0.25, 0.3) is 0 Å². The Labute approximate surface area is 86.7 Å². The van der Waals surface area contributed by atoms with Crippen LogP contribution in [0, 0.1) is 0 Å². The molecule has 0 aliphatic carbocycles. The third kappa shape index (κ3) is 1.49. The van der Waals surface area contributed by atoms with Gasteiger partial charge in [-0.15, -0.1) is 0 Å². The van der Waals surface area contributed by atoms with Crippen molar-refractivity contribution in [1.29, 1.82) is 0 Å². The third-order valence-electron chi connectivity index (χ3n) is 2.38. The van der Waals surface area contributed by atoms with Gasteiger partial charge in [0.05, 0.1) is 5.92 Å². The summed E-state index contributed by atoms with van der Waals surface area (Å²) in [6, 6.07) is 5.30. The Hall–Kier alpha value is -1.06. The highest BCUT2D eigenvalue weighted by Crippen LogP contribution is 2.35. The van der Waals surface area contributed by atoms with Crippen LogP contribution < -0.4 is 5.32 Å². The Morgan fingerprint density at radius 3 is 3.00 bits per heavy atom. The van der Waals surface area contributed by atoms with E-state index in [4.69, 9.17) is 16.7 Å². The Bertz CT molecular complexity index is 378. The van der Waals surface area contributed by atoms with Crippen LogP contribution in [-0.4, -0.2) is 17.6 Å². The van der Waals surface area contributed by atoms with E-state index in [1.807, 2.05) is 0 Å². The van der Waals surface area contributed by atoms with Crippen LogP contribution >= 0.6 is 11.6 Å². The lowest BCUT2D eigenvalue weighted by Crippen LogP contribution is -2.13. The monoisotopic (exact) mass is 211 g/mol. The molecular weight excluding hydrogens is 202 g/mol. The first-order valence-electron chi connectivity index (χ1n) is 4.43. The van der Waals surface area contributed by atoms with Crippen molar-refractivity contribution in [3.05, 3.63) is 28.8 Å². The number of aliphatic hydroxyl groups excluding tert-OH is 1. The first-order valence-corrected chi connectivity index (χ1v) is 4.81. The van der Waals surface area contributed by atoms with Crippen molar-refractivity contribution in [3.8, 4) is 0 Å². The number of carbonyl (C=O) groups is 1. The lowest BCUT2D eigenvalue weighted by molar-refractivity contribution is -0.117. The average Bonchev–Trinajstić information content (AvgIpc) is 2.45. The van der Waals surface area contributed by atoms with Gasteiger partial charge < -0.3 is 10.4 Å². The number of anilines is 1. The summed E-state index contributed by atoms with van der Waals surface area (Å²) in [4.78, 5) is 11.5. The summed E-state index contributed by atoms with van der Waals surface area (Å²) in [7, 11) is 0. The number of aliphatic hydroxyl groups is 1. The lowest BCUT2D eigenvalue weighted by atomic mass is 9.98. The van der Waals surface area contributed by atoms with Crippen LogP contribution in [0.3, 0.4) is 0 Å². The molecule has 2 rings (SSSR count). The van der Waals surface area contributed by atoms with Gasteiger partial charge in [0.15, 0.2) is 0 Å². The molecule has 1 aromatic rings. The fraction of sp³-hybridized carbons (Fsp3) is 0.300. The second-order valence-electron chi connectivity index (χ2n) is 3.29. The predicted molar refractivity (Wildman–Crippen MR) is 54.5 cm³/mol. The maximum absolute atomic E-state index is 11.5. The van der Waals surface area contributed by atoms with Crippen molar-refractivity contribution < 1.29 is 9.90 Å². The number of benzene rings is 1. The quantitative estimate of drug-likeness (QED) is 0.783. The van der Waals surface area contributed by atoms with Crippen LogP contribution in [0.2, 0.25) is 5.02 Å². The molecule has 4 heteroatoms. The molecule has 2 N–H and O–H groups in total. The molecule has 74 valence electrons. The van der Waals surface area contributed by atoms with Gasteiger partial charge >= 0.3 is 0 Å². The van der Waals surface area contributed by atoms with E-state index in [2.05, 4.69) is 5.32 Å². The van der Waals surface area contributed by atoms with Crippen molar-refractivity contribution >= 4 is 23.2 Å². The molecule has 0 spiro atoms. The van der Waals surface area contributed by atoms with Gasteiger partial charge in [0, 0.05) is 17.3 Å². The van der Waals surface area contributed by atoms with Crippen molar-refractivity contribution in [2.75, 3.05) is 11.9 Å². The number of rotatable bonds is 2. The highest BCUT2D eigenvalue weighted by atomic mass is 35.5. The fourth-order valence-corrected chi connectivity index (χ4v) is 1.89. The van der Waals surface area contributed by atoms with E-state index in [0.29, 0.717) is 11.4 Å². The van der Waals surface area contributed by atoms with Crippen molar-refractivity contribution in [1.82, 2.24) is 0 Å². The lowest BCUT2D eigenvalue weighted by Gasteiger charge is -2.05. The van der Waals surface area contributed by atoms with Gasteiger partial charge in [-0.2, -0.15) is 0 Å². The minimum absolute atomic E-state index is 0.00401. The number of hydrogen-bond donors (Lipinski definition) is 2. The largest absolute Gasteiger partial charge is 0.396 e. The zero-order chi connectivity index (χ0) is 10.1. The Balaban J connectivity index is 2.39. The molecule has 0 aromatic heterocycles. The van der Waals surface area contributed by atoms with Gasteiger partial charge in [-0.1, -0.05) is 11.6 Å². The molecule has 1 amide bonds. The van der Waals surface area contributed by atoms with Crippen molar-refractivity contribution in [2.24, 2.45) is 0 Å². The van der Waals surface area contributed by atoms with E-state index in [1.165, 1.54) is 0 Å². The van der Waals surface area contributed by atoms with Crippen LogP contribution in [0.15, 0.2) is 18.2 Å². The van der Waals surface area contributed by atoms with E-state index >= 15 is 0 Å². The number of nitrogens with one attached hydrogen (secondary N) is 1. The summed E-state index contributed by atoms with van der Waals surface area (Å²) < 4.78 is 0. The van der Waals surface area contributed by atoms with Gasteiger partial charge in [0.25, 0.3) is 0 Å². The Morgan fingerprint density at radius 2 is 2.29 bits per heavy atom. The van der Waals surface area contributed by atoms with E-state index in [1.54, 1.807) is 18.2 Å². The molecule has 1 heterocycles. The van der Waals surface area contributed by atoms with Crippen LogP contribution in [-0.2, 0) is 4.79 Å². The van der Waals surface area contributed by atoms with Gasteiger partial charge in [0.2, 0.25) is 5.91 Å². The molecule has 0 saturated carbocycles. The zero-order valence-electron chi connectivity index (χ0n) is 7.46. The summed E-state index contributed by atoms with van der Waals surface area (Å²) in [6.45, 7) is 0.00401. The Morgan fingerprint density at radius 1 is 1.50 bits per heavy atom. The maximum Gasteiger partial charge on any atom is 0.232 e. The maximum atomic E-state index is 11.5. The molecule has 1 atom stereocenters. The minimum Gasteiger partial charge on any atom is -0.396 e. The molecule has 14 heavy (non-hydrogen) atoms. The van der Waals surface area contributed by atoms with Crippen LogP contribution in [0.1, 0.15) is 17.9 Å². The van der Waals surface area contributed by atoms with Crippen LogP contribution in [0.4, 0.5) is 5.69 Å². The van der Waals surface area contributed by atoms with E-state index in [9.17, 15) is 4.79 Å². The zero-order valence-corrected chi connectivity index (χ0v) is 8.21. The second kappa shape index (κ2) is 3.59.